The highest BCUT2D eigenvalue weighted by Gasteiger charge is 2.49. The zero-order valence-corrected chi connectivity index (χ0v) is 17.1. The molecular formula is C21H32N4O3. The van der Waals surface area contributed by atoms with Gasteiger partial charge in [0.15, 0.2) is 0 Å². The first-order valence-corrected chi connectivity index (χ1v) is 9.64. The lowest BCUT2D eigenvalue weighted by Crippen LogP contribution is -2.67. The summed E-state index contributed by atoms with van der Waals surface area (Å²) >= 11 is 0. The molecule has 0 fully saturated rings. The van der Waals surface area contributed by atoms with Crippen molar-refractivity contribution in [3.63, 3.8) is 0 Å². The van der Waals surface area contributed by atoms with Crippen LogP contribution in [0, 0.1) is 5.41 Å². The van der Waals surface area contributed by atoms with Crippen LogP contribution in [0.2, 0.25) is 0 Å². The minimum Gasteiger partial charge on any atom is -0.465 e. The molecule has 5 N–H and O–H groups in total. The predicted octanol–water partition coefficient (Wildman–Crippen LogP) is 3.11. The van der Waals surface area contributed by atoms with Crippen LogP contribution in [0.1, 0.15) is 51.3 Å². The van der Waals surface area contributed by atoms with Crippen LogP contribution in [0.3, 0.4) is 0 Å². The number of nitrogens with zero attached hydrogens (tertiary/aromatic N) is 1. The number of amides is 1. The highest BCUT2D eigenvalue weighted by atomic mass is 16.4. The maximum atomic E-state index is 11.7. The average Bonchev–Trinajstić information content (AvgIpc) is 3.15. The van der Waals surface area contributed by atoms with Gasteiger partial charge in [-0.3, -0.25) is 5.10 Å². The Kier molecular flexibility index (Phi) is 7.21. The van der Waals surface area contributed by atoms with Crippen LogP contribution in [-0.4, -0.2) is 44.7 Å². The van der Waals surface area contributed by atoms with Gasteiger partial charge in [-0.2, -0.15) is 5.10 Å². The minimum atomic E-state index is -1.15. The molecular weight excluding hydrogens is 356 g/mol. The molecule has 28 heavy (non-hydrogen) atoms. The number of H-pyrrole nitrogens is 1. The molecule has 1 unspecified atom stereocenters. The maximum absolute atomic E-state index is 11.7. The second kappa shape index (κ2) is 9.21. The topological polar surface area (TPSA) is 110 Å². The zero-order chi connectivity index (χ0) is 20.8. The molecule has 2 rings (SSSR count). The second-order valence-electron chi connectivity index (χ2n) is 8.23. The molecule has 3 atom stereocenters. The van der Waals surface area contributed by atoms with Crippen molar-refractivity contribution in [3.05, 3.63) is 53.9 Å². The van der Waals surface area contributed by atoms with Gasteiger partial charge >= 0.3 is 6.09 Å². The SMILES string of the molecule is CCC(NC[C@@H](O)[C@@](Cc1ccccc1)(NC(=O)O)C(C)(C)C)c1cn[nH]c1. The molecule has 0 aliphatic heterocycles. The highest BCUT2D eigenvalue weighted by molar-refractivity contribution is 5.66. The summed E-state index contributed by atoms with van der Waals surface area (Å²) in [4.78, 5) is 11.7. The maximum Gasteiger partial charge on any atom is 0.405 e. The standard InChI is InChI=1S/C21H32N4O3/c1-5-17(16-12-23-24-13-16)22-14-18(26)21(20(2,3)4,25-19(27)28)11-15-9-7-6-8-10-15/h6-10,12-13,17-18,22,25-26H,5,11,14H2,1-4H3,(H,23,24)(H,27,28)/t17?,18-,21-/m1/s1. The lowest BCUT2D eigenvalue weighted by atomic mass is 9.66. The number of carbonyl (C=O) groups is 1. The van der Waals surface area contributed by atoms with E-state index < -0.39 is 23.2 Å². The van der Waals surface area contributed by atoms with Crippen LogP contribution in [0.15, 0.2) is 42.7 Å². The fraction of sp³-hybridized carbons (Fsp3) is 0.524. The van der Waals surface area contributed by atoms with Crippen molar-refractivity contribution >= 4 is 6.09 Å². The van der Waals surface area contributed by atoms with E-state index in [0.717, 1.165) is 17.5 Å². The number of aromatic amines is 1. The summed E-state index contributed by atoms with van der Waals surface area (Å²) in [6.07, 6.45) is 2.69. The number of hydrogen-bond donors (Lipinski definition) is 5. The summed E-state index contributed by atoms with van der Waals surface area (Å²) in [6, 6.07) is 9.67. The molecule has 0 aliphatic carbocycles. The Hall–Kier alpha value is -2.38. The first kappa shape index (κ1) is 21.9. The van der Waals surface area contributed by atoms with Crippen LogP contribution in [0.5, 0.6) is 0 Å². The monoisotopic (exact) mass is 388 g/mol. The van der Waals surface area contributed by atoms with Gasteiger partial charge in [0.05, 0.1) is 17.8 Å². The second-order valence-corrected chi connectivity index (χ2v) is 8.23. The molecule has 0 spiro atoms. The summed E-state index contributed by atoms with van der Waals surface area (Å²) in [5.41, 5.74) is 0.374. The van der Waals surface area contributed by atoms with Crippen molar-refractivity contribution in [2.45, 2.75) is 58.2 Å². The normalized spacial score (nSPS) is 16.2. The number of hydrogen-bond acceptors (Lipinski definition) is 4. The molecule has 1 aromatic carbocycles. The first-order valence-electron chi connectivity index (χ1n) is 9.64. The number of aliphatic hydroxyl groups is 1. The van der Waals surface area contributed by atoms with E-state index in [2.05, 4.69) is 20.8 Å². The number of aromatic nitrogens is 2. The van der Waals surface area contributed by atoms with Gasteiger partial charge in [-0.05, 0) is 23.8 Å². The summed E-state index contributed by atoms with van der Waals surface area (Å²) in [5, 5.41) is 33.6. The van der Waals surface area contributed by atoms with E-state index in [4.69, 9.17) is 0 Å². The smallest absolute Gasteiger partial charge is 0.405 e. The van der Waals surface area contributed by atoms with Gasteiger partial charge < -0.3 is 20.8 Å². The van der Waals surface area contributed by atoms with Crippen molar-refractivity contribution in [3.8, 4) is 0 Å². The van der Waals surface area contributed by atoms with E-state index in [0.29, 0.717) is 6.42 Å². The van der Waals surface area contributed by atoms with E-state index in [1.54, 1.807) is 6.20 Å². The van der Waals surface area contributed by atoms with Crippen LogP contribution >= 0.6 is 0 Å². The molecule has 0 saturated carbocycles. The minimum absolute atomic E-state index is 0.0209. The molecule has 0 saturated heterocycles. The summed E-state index contributed by atoms with van der Waals surface area (Å²) in [6.45, 7) is 8.13. The number of carboxylic acid groups (broad SMARTS) is 1. The van der Waals surface area contributed by atoms with Crippen molar-refractivity contribution in [2.24, 2.45) is 5.41 Å². The van der Waals surface area contributed by atoms with E-state index >= 15 is 0 Å². The Labute approximate surface area is 166 Å². The number of aliphatic hydroxyl groups excluding tert-OH is 1. The Morgan fingerprint density at radius 2 is 1.93 bits per heavy atom. The van der Waals surface area contributed by atoms with Crippen molar-refractivity contribution in [1.82, 2.24) is 20.8 Å². The van der Waals surface area contributed by atoms with Crippen LogP contribution in [-0.2, 0) is 6.42 Å². The molecule has 0 aliphatic rings. The Bertz CT molecular complexity index is 728. The fourth-order valence-corrected chi connectivity index (χ4v) is 3.68. The van der Waals surface area contributed by atoms with Crippen LogP contribution < -0.4 is 10.6 Å². The Balaban J connectivity index is 2.29. The third kappa shape index (κ3) is 5.11. The number of benzene rings is 1. The van der Waals surface area contributed by atoms with E-state index in [1.165, 1.54) is 0 Å². The highest BCUT2D eigenvalue weighted by Crippen LogP contribution is 2.37. The molecule has 154 valence electrons. The summed E-state index contributed by atoms with van der Waals surface area (Å²) in [5.74, 6) is 0. The molecule has 7 nitrogen and oxygen atoms in total. The molecule has 1 heterocycles. The lowest BCUT2D eigenvalue weighted by Gasteiger charge is -2.48. The van der Waals surface area contributed by atoms with E-state index in [9.17, 15) is 15.0 Å². The molecule has 0 radical (unpaired) electrons. The number of nitrogens with one attached hydrogen (secondary N) is 3. The quantitative estimate of drug-likeness (QED) is 0.453. The van der Waals surface area contributed by atoms with Crippen molar-refractivity contribution in [2.75, 3.05) is 6.54 Å². The van der Waals surface area contributed by atoms with E-state index in [1.807, 2.05) is 64.2 Å². The van der Waals surface area contributed by atoms with Crippen molar-refractivity contribution < 1.29 is 15.0 Å². The van der Waals surface area contributed by atoms with Gasteiger partial charge in [-0.1, -0.05) is 58.0 Å². The molecule has 1 aromatic heterocycles. The third-order valence-corrected chi connectivity index (χ3v) is 5.45. The summed E-state index contributed by atoms with van der Waals surface area (Å²) < 4.78 is 0. The van der Waals surface area contributed by atoms with Crippen molar-refractivity contribution in [1.29, 1.82) is 0 Å². The van der Waals surface area contributed by atoms with Gasteiger partial charge in [-0.15, -0.1) is 0 Å². The predicted molar refractivity (Wildman–Crippen MR) is 109 cm³/mol. The van der Waals surface area contributed by atoms with E-state index in [-0.39, 0.29) is 12.6 Å². The van der Waals surface area contributed by atoms with Gasteiger partial charge in [-0.25, -0.2) is 4.79 Å². The Morgan fingerprint density at radius 3 is 2.43 bits per heavy atom. The molecule has 7 heteroatoms. The zero-order valence-electron chi connectivity index (χ0n) is 17.1. The number of rotatable bonds is 9. The van der Waals surface area contributed by atoms with Gasteiger partial charge in [0, 0.05) is 24.3 Å². The Morgan fingerprint density at radius 1 is 1.25 bits per heavy atom. The summed E-state index contributed by atoms with van der Waals surface area (Å²) in [7, 11) is 0. The lowest BCUT2D eigenvalue weighted by molar-refractivity contribution is -0.0101. The van der Waals surface area contributed by atoms with Crippen LogP contribution in [0.25, 0.3) is 0 Å². The fourth-order valence-electron chi connectivity index (χ4n) is 3.68. The molecule has 0 bridgehead atoms. The molecule has 2 aromatic rings. The first-order chi connectivity index (χ1) is 13.2. The van der Waals surface area contributed by atoms with Gasteiger partial charge in [0.25, 0.3) is 0 Å². The average molecular weight is 389 g/mol. The largest absolute Gasteiger partial charge is 0.465 e. The third-order valence-electron chi connectivity index (χ3n) is 5.45. The molecule has 1 amide bonds. The van der Waals surface area contributed by atoms with Gasteiger partial charge in [0.1, 0.15) is 0 Å². The van der Waals surface area contributed by atoms with Crippen LogP contribution in [0.4, 0.5) is 4.79 Å². The van der Waals surface area contributed by atoms with Gasteiger partial charge in [0.2, 0.25) is 0 Å².